The standard InChI is InChI=1S/C26H16FN3/c27-23-11-7-17-6-10-22-24(12-8-18-5-9-21(23)25(17)26(18)22)30(19-3-1-13-28-15-19)20-4-2-14-29-16-20/h1-16H. The average Bonchev–Trinajstić information content (AvgIpc) is 2.81. The summed E-state index contributed by atoms with van der Waals surface area (Å²) in [7, 11) is 0. The minimum Gasteiger partial charge on any atom is -0.307 e. The summed E-state index contributed by atoms with van der Waals surface area (Å²) in [5.41, 5.74) is 2.88. The van der Waals surface area contributed by atoms with E-state index in [1.165, 1.54) is 0 Å². The number of hydrogen-bond donors (Lipinski definition) is 0. The molecule has 6 aromatic rings. The quantitative estimate of drug-likeness (QED) is 0.306. The molecule has 0 aliphatic carbocycles. The molecule has 0 spiro atoms. The van der Waals surface area contributed by atoms with Crippen LogP contribution in [0.4, 0.5) is 21.5 Å². The lowest BCUT2D eigenvalue weighted by atomic mass is 9.93. The highest BCUT2D eigenvalue weighted by atomic mass is 19.1. The molecular weight excluding hydrogens is 373 g/mol. The normalized spacial score (nSPS) is 11.5. The van der Waals surface area contributed by atoms with Crippen LogP contribution < -0.4 is 4.90 Å². The molecule has 2 heterocycles. The number of nitrogens with zero attached hydrogens (tertiary/aromatic N) is 3. The van der Waals surface area contributed by atoms with Crippen molar-refractivity contribution in [2.45, 2.75) is 0 Å². The first-order chi connectivity index (χ1) is 14.8. The SMILES string of the molecule is Fc1ccc2ccc3c(N(c4cccnc4)c4cccnc4)ccc4ccc1c2c43. The number of pyridine rings is 2. The maximum absolute atomic E-state index is 14.6. The summed E-state index contributed by atoms with van der Waals surface area (Å²) < 4.78 is 14.6. The van der Waals surface area contributed by atoms with Crippen molar-refractivity contribution in [1.82, 2.24) is 9.97 Å². The highest BCUT2D eigenvalue weighted by Gasteiger charge is 2.19. The van der Waals surface area contributed by atoms with E-state index in [0.29, 0.717) is 5.39 Å². The van der Waals surface area contributed by atoms with Gasteiger partial charge in [-0.3, -0.25) is 9.97 Å². The van der Waals surface area contributed by atoms with Crippen molar-refractivity contribution >= 4 is 49.4 Å². The fourth-order valence-electron chi connectivity index (χ4n) is 4.34. The van der Waals surface area contributed by atoms with Crippen LogP contribution in [0.5, 0.6) is 0 Å². The fourth-order valence-corrected chi connectivity index (χ4v) is 4.34. The molecule has 0 saturated heterocycles. The number of benzene rings is 4. The smallest absolute Gasteiger partial charge is 0.131 e. The molecule has 0 aliphatic rings. The van der Waals surface area contributed by atoms with Gasteiger partial charge in [-0.15, -0.1) is 0 Å². The van der Waals surface area contributed by atoms with Gasteiger partial charge in [-0.25, -0.2) is 4.39 Å². The maximum atomic E-state index is 14.6. The van der Waals surface area contributed by atoms with Crippen molar-refractivity contribution in [3.8, 4) is 0 Å². The predicted octanol–water partition coefficient (Wildman–Crippen LogP) is 6.98. The van der Waals surface area contributed by atoms with Crippen LogP contribution >= 0.6 is 0 Å². The van der Waals surface area contributed by atoms with Gasteiger partial charge in [0.15, 0.2) is 0 Å². The summed E-state index contributed by atoms with van der Waals surface area (Å²) in [4.78, 5) is 10.8. The molecule has 0 bridgehead atoms. The van der Waals surface area contributed by atoms with E-state index in [-0.39, 0.29) is 5.82 Å². The van der Waals surface area contributed by atoms with E-state index >= 15 is 0 Å². The van der Waals surface area contributed by atoms with Crippen molar-refractivity contribution in [2.75, 3.05) is 4.90 Å². The Hall–Kier alpha value is -4.05. The van der Waals surface area contributed by atoms with Crippen LogP contribution in [0.3, 0.4) is 0 Å². The third kappa shape index (κ3) is 2.44. The van der Waals surface area contributed by atoms with Gasteiger partial charge in [0.2, 0.25) is 0 Å². The molecule has 4 heteroatoms. The minimum atomic E-state index is -0.196. The monoisotopic (exact) mass is 389 g/mol. The predicted molar refractivity (Wildman–Crippen MR) is 120 cm³/mol. The van der Waals surface area contributed by atoms with Crippen molar-refractivity contribution < 1.29 is 4.39 Å². The van der Waals surface area contributed by atoms with Crippen LogP contribution in [-0.4, -0.2) is 9.97 Å². The molecular formula is C26H16FN3. The van der Waals surface area contributed by atoms with Gasteiger partial charge < -0.3 is 4.90 Å². The van der Waals surface area contributed by atoms with Crippen molar-refractivity contribution in [1.29, 1.82) is 0 Å². The van der Waals surface area contributed by atoms with Crippen LogP contribution in [0.2, 0.25) is 0 Å². The highest BCUT2D eigenvalue weighted by Crippen LogP contribution is 2.43. The third-order valence-corrected chi connectivity index (χ3v) is 5.64. The van der Waals surface area contributed by atoms with Gasteiger partial charge in [0, 0.05) is 28.6 Å². The molecule has 142 valence electrons. The molecule has 30 heavy (non-hydrogen) atoms. The summed E-state index contributed by atoms with van der Waals surface area (Å²) in [5, 5.41) is 5.87. The van der Waals surface area contributed by atoms with Gasteiger partial charge in [-0.1, -0.05) is 36.4 Å². The second kappa shape index (κ2) is 6.49. The average molecular weight is 389 g/mol. The topological polar surface area (TPSA) is 29.0 Å². The second-order valence-electron chi connectivity index (χ2n) is 7.31. The zero-order valence-electron chi connectivity index (χ0n) is 16.0. The van der Waals surface area contributed by atoms with E-state index in [1.54, 1.807) is 18.5 Å². The molecule has 0 aliphatic heterocycles. The lowest BCUT2D eigenvalue weighted by Gasteiger charge is -2.26. The van der Waals surface area contributed by atoms with E-state index in [4.69, 9.17) is 0 Å². The molecule has 0 saturated carbocycles. The Kier molecular flexibility index (Phi) is 3.65. The summed E-state index contributed by atoms with van der Waals surface area (Å²) in [6.45, 7) is 0. The van der Waals surface area contributed by atoms with Crippen LogP contribution in [0.25, 0.3) is 32.3 Å². The fraction of sp³-hybridized carbons (Fsp3) is 0. The molecule has 0 amide bonds. The second-order valence-corrected chi connectivity index (χ2v) is 7.31. The molecule has 0 N–H and O–H groups in total. The number of aromatic nitrogens is 2. The first-order valence-electron chi connectivity index (χ1n) is 9.77. The highest BCUT2D eigenvalue weighted by molar-refractivity contribution is 6.25. The maximum Gasteiger partial charge on any atom is 0.131 e. The number of halogens is 1. The van der Waals surface area contributed by atoms with Crippen molar-refractivity contribution in [3.63, 3.8) is 0 Å². The Morgan fingerprint density at radius 1 is 0.600 bits per heavy atom. The summed E-state index contributed by atoms with van der Waals surface area (Å²) in [5.74, 6) is -0.196. The molecule has 6 rings (SSSR count). The molecule has 2 aromatic heterocycles. The van der Waals surface area contributed by atoms with Crippen LogP contribution in [0.1, 0.15) is 0 Å². The van der Waals surface area contributed by atoms with Crippen molar-refractivity contribution in [2.24, 2.45) is 0 Å². The molecule has 0 fully saturated rings. The van der Waals surface area contributed by atoms with Gasteiger partial charge in [0.25, 0.3) is 0 Å². The first kappa shape index (κ1) is 16.9. The van der Waals surface area contributed by atoms with Gasteiger partial charge in [-0.2, -0.15) is 0 Å². The molecule has 3 nitrogen and oxygen atoms in total. The van der Waals surface area contributed by atoms with Crippen LogP contribution in [-0.2, 0) is 0 Å². The summed E-state index contributed by atoms with van der Waals surface area (Å²) in [6, 6.07) is 23.6. The Morgan fingerprint density at radius 3 is 1.80 bits per heavy atom. The van der Waals surface area contributed by atoms with Crippen molar-refractivity contribution in [3.05, 3.63) is 103 Å². The summed E-state index contributed by atoms with van der Waals surface area (Å²) >= 11 is 0. The Balaban J connectivity index is 1.73. The van der Waals surface area contributed by atoms with E-state index in [9.17, 15) is 4.39 Å². The molecule has 4 aromatic carbocycles. The van der Waals surface area contributed by atoms with E-state index in [2.05, 4.69) is 39.1 Å². The molecule has 0 atom stereocenters. The van der Waals surface area contributed by atoms with Gasteiger partial charge in [-0.05, 0) is 52.6 Å². The number of anilines is 3. The lowest BCUT2D eigenvalue weighted by molar-refractivity contribution is 0.640. The minimum absolute atomic E-state index is 0.196. The van der Waals surface area contributed by atoms with Gasteiger partial charge in [0.1, 0.15) is 5.82 Å². The Labute approximate surface area is 172 Å². The van der Waals surface area contributed by atoms with Gasteiger partial charge >= 0.3 is 0 Å². The van der Waals surface area contributed by atoms with E-state index in [1.807, 2.05) is 54.9 Å². The lowest BCUT2D eigenvalue weighted by Crippen LogP contribution is -2.11. The number of hydrogen-bond acceptors (Lipinski definition) is 3. The zero-order chi connectivity index (χ0) is 20.1. The first-order valence-corrected chi connectivity index (χ1v) is 9.77. The van der Waals surface area contributed by atoms with E-state index < -0.39 is 0 Å². The Morgan fingerprint density at radius 2 is 1.17 bits per heavy atom. The largest absolute Gasteiger partial charge is 0.307 e. The van der Waals surface area contributed by atoms with Crippen LogP contribution in [0, 0.1) is 5.82 Å². The van der Waals surface area contributed by atoms with E-state index in [0.717, 1.165) is 44.0 Å². The Bertz CT molecular complexity index is 1460. The third-order valence-electron chi connectivity index (χ3n) is 5.64. The number of rotatable bonds is 3. The van der Waals surface area contributed by atoms with Gasteiger partial charge in [0.05, 0.1) is 29.5 Å². The molecule has 0 radical (unpaired) electrons. The molecule has 0 unspecified atom stereocenters. The summed E-state index contributed by atoms with van der Waals surface area (Å²) in [6.07, 6.45) is 7.20. The van der Waals surface area contributed by atoms with Crippen LogP contribution in [0.15, 0.2) is 97.6 Å². The zero-order valence-corrected chi connectivity index (χ0v) is 16.0.